The molecule has 0 aromatic carbocycles. The molecule has 0 unspecified atom stereocenters. The molecule has 0 aliphatic heterocycles. The highest BCUT2D eigenvalue weighted by Crippen LogP contribution is 2.20. The predicted molar refractivity (Wildman–Crippen MR) is 66.8 cm³/mol. The lowest BCUT2D eigenvalue weighted by molar-refractivity contribution is -0.137. The fourth-order valence-corrected chi connectivity index (χ4v) is 1.52. The zero-order valence-corrected chi connectivity index (χ0v) is 11.4. The van der Waals surface area contributed by atoms with Crippen molar-refractivity contribution >= 4 is 0 Å². The molecule has 0 aliphatic carbocycles. The Morgan fingerprint density at radius 1 is 1.06 bits per heavy atom. The van der Waals surface area contributed by atoms with E-state index in [1.807, 2.05) is 0 Å². The van der Waals surface area contributed by atoms with E-state index >= 15 is 0 Å². The maximum absolute atomic E-state index is 11.8. The molecule has 0 aromatic rings. The molecular weight excluding hydrogens is 245 g/mol. The summed E-state index contributed by atoms with van der Waals surface area (Å²) in [7, 11) is 0. The Hall–Kier alpha value is -0.330. The van der Waals surface area contributed by atoms with Gasteiger partial charge in [0.05, 0.1) is 6.61 Å². The van der Waals surface area contributed by atoms with Crippen LogP contribution in [0.15, 0.2) is 0 Å². The first-order valence-electron chi connectivity index (χ1n) is 6.57. The van der Waals surface area contributed by atoms with E-state index < -0.39 is 12.6 Å². The van der Waals surface area contributed by atoms with Gasteiger partial charge < -0.3 is 15.0 Å². The lowest BCUT2D eigenvalue weighted by Gasteiger charge is -2.17. The summed E-state index contributed by atoms with van der Waals surface area (Å²) < 4.78 is 40.5. The summed E-state index contributed by atoms with van der Waals surface area (Å²) in [5, 5.41) is 3.20. The van der Waals surface area contributed by atoms with E-state index in [1.165, 1.54) is 0 Å². The normalized spacial score (nSPS) is 12.3. The summed E-state index contributed by atoms with van der Waals surface area (Å²) in [5.41, 5.74) is 0. The van der Waals surface area contributed by atoms with Crippen LogP contribution in [0.2, 0.25) is 0 Å². The summed E-state index contributed by atoms with van der Waals surface area (Å²) in [5.74, 6) is 0. The minimum atomic E-state index is -4.06. The van der Waals surface area contributed by atoms with Crippen LogP contribution < -0.4 is 5.32 Å². The maximum atomic E-state index is 11.8. The van der Waals surface area contributed by atoms with Crippen LogP contribution in [0, 0.1) is 0 Å². The van der Waals surface area contributed by atoms with Crippen molar-refractivity contribution in [3.05, 3.63) is 0 Å². The molecular formula is C12H25F3N2O. The molecule has 18 heavy (non-hydrogen) atoms. The zero-order chi connectivity index (χ0) is 13.9. The van der Waals surface area contributed by atoms with Gasteiger partial charge in [-0.1, -0.05) is 13.8 Å². The van der Waals surface area contributed by atoms with Crippen molar-refractivity contribution < 1.29 is 17.9 Å². The second-order valence-electron chi connectivity index (χ2n) is 4.11. The lowest BCUT2D eigenvalue weighted by Crippen LogP contribution is -2.33. The average Bonchev–Trinajstić information content (AvgIpc) is 2.30. The van der Waals surface area contributed by atoms with Crippen molar-refractivity contribution in [2.75, 3.05) is 45.9 Å². The monoisotopic (exact) mass is 270 g/mol. The Labute approximate surface area is 108 Å². The fraction of sp³-hybridized carbons (Fsp3) is 1.00. The topological polar surface area (TPSA) is 24.5 Å². The van der Waals surface area contributed by atoms with Crippen LogP contribution in [0.25, 0.3) is 0 Å². The molecule has 0 bridgehead atoms. The largest absolute Gasteiger partial charge is 0.389 e. The van der Waals surface area contributed by atoms with Crippen LogP contribution in [-0.2, 0) is 4.74 Å². The highest BCUT2D eigenvalue weighted by atomic mass is 19.4. The van der Waals surface area contributed by atoms with E-state index in [1.54, 1.807) is 0 Å². The van der Waals surface area contributed by atoms with Crippen molar-refractivity contribution in [2.24, 2.45) is 0 Å². The summed E-state index contributed by atoms with van der Waals surface area (Å²) in [6, 6.07) is 0. The van der Waals surface area contributed by atoms with Gasteiger partial charge in [0.2, 0.25) is 0 Å². The van der Waals surface area contributed by atoms with Gasteiger partial charge in [0.15, 0.2) is 0 Å². The number of nitrogens with zero attached hydrogens (tertiary/aromatic N) is 1. The number of rotatable bonds is 11. The molecule has 0 atom stereocenters. The van der Waals surface area contributed by atoms with Gasteiger partial charge >= 0.3 is 6.18 Å². The van der Waals surface area contributed by atoms with E-state index in [2.05, 4.69) is 24.1 Å². The Balaban J connectivity index is 3.17. The second kappa shape index (κ2) is 10.6. The third-order valence-corrected chi connectivity index (χ3v) is 2.67. The first-order valence-corrected chi connectivity index (χ1v) is 6.57. The van der Waals surface area contributed by atoms with Crippen LogP contribution in [0.4, 0.5) is 13.2 Å². The summed E-state index contributed by atoms with van der Waals surface area (Å²) in [6.07, 6.45) is -4.78. The van der Waals surface area contributed by atoms with Gasteiger partial charge in [-0.15, -0.1) is 0 Å². The van der Waals surface area contributed by atoms with Crippen LogP contribution in [0.3, 0.4) is 0 Å². The number of hydrogen-bond donors (Lipinski definition) is 1. The molecule has 1 N–H and O–H groups in total. The van der Waals surface area contributed by atoms with E-state index in [9.17, 15) is 13.2 Å². The number of alkyl halides is 3. The predicted octanol–water partition coefficient (Wildman–Crippen LogP) is 2.28. The third kappa shape index (κ3) is 12.1. The first kappa shape index (κ1) is 17.7. The molecule has 0 rings (SSSR count). The van der Waals surface area contributed by atoms with Crippen molar-refractivity contribution in [1.29, 1.82) is 0 Å². The lowest BCUT2D eigenvalue weighted by atomic mass is 10.3. The number of hydrogen-bond acceptors (Lipinski definition) is 3. The van der Waals surface area contributed by atoms with Gasteiger partial charge in [0.1, 0.15) is 0 Å². The molecule has 3 nitrogen and oxygen atoms in total. The molecule has 0 saturated heterocycles. The minimum Gasteiger partial charge on any atom is -0.380 e. The second-order valence-corrected chi connectivity index (χ2v) is 4.11. The zero-order valence-electron chi connectivity index (χ0n) is 11.4. The number of ether oxygens (including phenoxy) is 1. The van der Waals surface area contributed by atoms with Gasteiger partial charge in [-0.25, -0.2) is 0 Å². The Morgan fingerprint density at radius 2 is 1.72 bits per heavy atom. The van der Waals surface area contributed by atoms with E-state index in [-0.39, 0.29) is 13.0 Å². The molecule has 0 amide bonds. The quantitative estimate of drug-likeness (QED) is 0.583. The summed E-state index contributed by atoms with van der Waals surface area (Å²) in [4.78, 5) is 2.30. The van der Waals surface area contributed by atoms with E-state index in [4.69, 9.17) is 4.74 Å². The first-order chi connectivity index (χ1) is 8.49. The maximum Gasteiger partial charge on any atom is 0.389 e. The van der Waals surface area contributed by atoms with Gasteiger partial charge in [0.25, 0.3) is 0 Å². The van der Waals surface area contributed by atoms with Gasteiger partial charge in [-0.3, -0.25) is 0 Å². The van der Waals surface area contributed by atoms with Crippen molar-refractivity contribution in [1.82, 2.24) is 10.2 Å². The number of nitrogens with one attached hydrogen (secondary N) is 1. The highest BCUT2D eigenvalue weighted by molar-refractivity contribution is 4.55. The third-order valence-electron chi connectivity index (χ3n) is 2.67. The molecule has 0 fully saturated rings. The number of likely N-dealkylation sites (N-methyl/N-ethyl adjacent to an activating group) is 1. The van der Waals surface area contributed by atoms with E-state index in [0.29, 0.717) is 13.2 Å². The molecule has 0 radical (unpaired) electrons. The molecule has 0 saturated carbocycles. The Bertz CT molecular complexity index is 185. The Kier molecular flexibility index (Phi) is 10.4. The smallest absolute Gasteiger partial charge is 0.380 e. The molecule has 110 valence electrons. The van der Waals surface area contributed by atoms with Gasteiger partial charge in [-0.2, -0.15) is 13.2 Å². The van der Waals surface area contributed by atoms with Crippen LogP contribution >= 0.6 is 0 Å². The Morgan fingerprint density at radius 3 is 2.28 bits per heavy atom. The van der Waals surface area contributed by atoms with Crippen molar-refractivity contribution in [3.8, 4) is 0 Å². The van der Waals surface area contributed by atoms with E-state index in [0.717, 1.165) is 26.2 Å². The van der Waals surface area contributed by atoms with Crippen LogP contribution in [-0.4, -0.2) is 57.0 Å². The van der Waals surface area contributed by atoms with Gasteiger partial charge in [0, 0.05) is 32.7 Å². The fourth-order valence-electron chi connectivity index (χ4n) is 1.52. The SMILES string of the molecule is CCN(CC)CCNCCOCCCC(F)(F)F. The van der Waals surface area contributed by atoms with Crippen LogP contribution in [0.5, 0.6) is 0 Å². The minimum absolute atomic E-state index is 0.0446. The summed E-state index contributed by atoms with van der Waals surface area (Å²) in [6.45, 7) is 9.51. The summed E-state index contributed by atoms with van der Waals surface area (Å²) >= 11 is 0. The highest BCUT2D eigenvalue weighted by Gasteiger charge is 2.25. The van der Waals surface area contributed by atoms with Crippen molar-refractivity contribution in [2.45, 2.75) is 32.9 Å². The van der Waals surface area contributed by atoms with Gasteiger partial charge in [-0.05, 0) is 19.5 Å². The molecule has 0 spiro atoms. The molecule has 0 aliphatic rings. The number of halogens is 3. The van der Waals surface area contributed by atoms with Crippen LogP contribution in [0.1, 0.15) is 26.7 Å². The standard InChI is InChI=1S/C12H25F3N2O/c1-3-17(4-2)9-7-16-8-11-18-10-5-6-12(13,14)15/h16H,3-11H2,1-2H3. The molecule has 0 heterocycles. The molecule has 6 heteroatoms. The average molecular weight is 270 g/mol. The molecule has 0 aromatic heterocycles. The van der Waals surface area contributed by atoms with Crippen molar-refractivity contribution in [3.63, 3.8) is 0 Å².